The lowest BCUT2D eigenvalue weighted by Gasteiger charge is -2.32. The highest BCUT2D eigenvalue weighted by Crippen LogP contribution is 2.30. The Morgan fingerprint density at radius 1 is 1.42 bits per heavy atom. The van der Waals surface area contributed by atoms with Gasteiger partial charge in [-0.1, -0.05) is 25.1 Å². The van der Waals surface area contributed by atoms with E-state index >= 15 is 0 Å². The van der Waals surface area contributed by atoms with Gasteiger partial charge in [0.2, 0.25) is 0 Å². The molecule has 2 rings (SSSR count). The third-order valence-electron chi connectivity index (χ3n) is 3.59. The van der Waals surface area contributed by atoms with Crippen LogP contribution < -0.4 is 11.1 Å². The highest BCUT2D eigenvalue weighted by Gasteiger charge is 2.24. The van der Waals surface area contributed by atoms with E-state index in [1.165, 1.54) is 31.4 Å². The normalized spacial score (nSPS) is 23.1. The van der Waals surface area contributed by atoms with Crippen molar-refractivity contribution in [3.8, 4) is 0 Å². The summed E-state index contributed by atoms with van der Waals surface area (Å²) in [7, 11) is 0. The van der Waals surface area contributed by atoms with E-state index in [2.05, 4.69) is 11.6 Å². The summed E-state index contributed by atoms with van der Waals surface area (Å²) in [5.74, 6) is -0.307. The molecule has 0 heterocycles. The molecule has 0 bridgehead atoms. The van der Waals surface area contributed by atoms with E-state index in [0.29, 0.717) is 16.9 Å². The van der Waals surface area contributed by atoms with Crippen molar-refractivity contribution in [2.45, 2.75) is 37.0 Å². The van der Waals surface area contributed by atoms with E-state index in [4.69, 9.17) is 18.0 Å². The quantitative estimate of drug-likeness (QED) is 0.834. The first-order chi connectivity index (χ1) is 9.11. The van der Waals surface area contributed by atoms with Crippen molar-refractivity contribution in [3.63, 3.8) is 0 Å². The first kappa shape index (κ1) is 14.6. The zero-order chi connectivity index (χ0) is 13.8. The molecule has 2 nitrogen and oxygen atoms in total. The van der Waals surface area contributed by atoms with Crippen LogP contribution >= 0.6 is 24.0 Å². The lowest BCUT2D eigenvalue weighted by molar-refractivity contribution is 0.475. The van der Waals surface area contributed by atoms with Crippen LogP contribution in [0.25, 0.3) is 0 Å². The van der Waals surface area contributed by atoms with Gasteiger partial charge in [-0.25, -0.2) is 4.39 Å². The fourth-order valence-electron chi connectivity index (χ4n) is 2.59. The van der Waals surface area contributed by atoms with E-state index in [9.17, 15) is 4.39 Å². The number of rotatable bonds is 4. The second-order valence-electron chi connectivity index (χ2n) is 4.86. The Balaban J connectivity index is 2.20. The molecule has 1 aliphatic rings. The number of nitrogens with one attached hydrogen (secondary N) is 1. The zero-order valence-corrected chi connectivity index (χ0v) is 12.6. The molecule has 3 N–H and O–H groups in total. The molecular weight excluding hydrogens is 279 g/mol. The van der Waals surface area contributed by atoms with Crippen LogP contribution in [0.15, 0.2) is 18.2 Å². The van der Waals surface area contributed by atoms with E-state index in [1.807, 2.05) is 11.8 Å². The summed E-state index contributed by atoms with van der Waals surface area (Å²) in [4.78, 5) is 0.235. The number of thiocarbonyl (C=S) groups is 1. The van der Waals surface area contributed by atoms with Crippen LogP contribution in [0.1, 0.15) is 31.2 Å². The van der Waals surface area contributed by atoms with Gasteiger partial charge < -0.3 is 11.1 Å². The second-order valence-corrected chi connectivity index (χ2v) is 6.38. The number of nitrogens with two attached hydrogens (primary N) is 1. The summed E-state index contributed by atoms with van der Waals surface area (Å²) in [6.45, 7) is 0. The number of thioether (sulfide) groups is 1. The van der Waals surface area contributed by atoms with Gasteiger partial charge in [0, 0.05) is 22.5 Å². The van der Waals surface area contributed by atoms with E-state index in [1.54, 1.807) is 6.07 Å². The zero-order valence-electron chi connectivity index (χ0n) is 11.0. The van der Waals surface area contributed by atoms with Crippen LogP contribution in [0, 0.1) is 5.82 Å². The Morgan fingerprint density at radius 2 is 2.16 bits per heavy atom. The third kappa shape index (κ3) is 3.60. The largest absolute Gasteiger partial charge is 0.389 e. The average molecular weight is 298 g/mol. The molecule has 1 aromatic rings. The molecular formula is C14H19FN2S2. The van der Waals surface area contributed by atoms with Crippen LogP contribution in [0.3, 0.4) is 0 Å². The number of halogens is 1. The molecule has 0 saturated heterocycles. The molecule has 0 spiro atoms. The highest BCUT2D eigenvalue weighted by atomic mass is 32.2. The molecule has 0 radical (unpaired) electrons. The maximum absolute atomic E-state index is 13.3. The highest BCUT2D eigenvalue weighted by molar-refractivity contribution is 7.99. The van der Waals surface area contributed by atoms with E-state index in [0.717, 1.165) is 12.1 Å². The summed E-state index contributed by atoms with van der Waals surface area (Å²) < 4.78 is 13.3. The van der Waals surface area contributed by atoms with Gasteiger partial charge >= 0.3 is 0 Å². The number of benzene rings is 1. The Morgan fingerprint density at radius 3 is 2.84 bits per heavy atom. The topological polar surface area (TPSA) is 38.0 Å². The van der Waals surface area contributed by atoms with Gasteiger partial charge in [0.1, 0.15) is 10.8 Å². The van der Waals surface area contributed by atoms with Gasteiger partial charge in [-0.2, -0.15) is 11.8 Å². The lowest BCUT2D eigenvalue weighted by atomic mass is 9.94. The van der Waals surface area contributed by atoms with Gasteiger partial charge in [0.15, 0.2) is 0 Å². The minimum Gasteiger partial charge on any atom is -0.389 e. The predicted octanol–water partition coefficient (Wildman–Crippen LogP) is 3.55. The Hall–Kier alpha value is -0.810. The van der Waals surface area contributed by atoms with E-state index < -0.39 is 0 Å². The van der Waals surface area contributed by atoms with Gasteiger partial charge in [-0.05, 0) is 37.3 Å². The Labute approximate surface area is 123 Å². The molecule has 104 valence electrons. The number of hydrogen-bond acceptors (Lipinski definition) is 3. The predicted molar refractivity (Wildman–Crippen MR) is 85.5 cm³/mol. The average Bonchev–Trinajstić information content (AvgIpc) is 2.41. The second kappa shape index (κ2) is 6.57. The van der Waals surface area contributed by atoms with Crippen LogP contribution in [0.2, 0.25) is 0 Å². The van der Waals surface area contributed by atoms with Gasteiger partial charge in [0.25, 0.3) is 0 Å². The van der Waals surface area contributed by atoms with E-state index in [-0.39, 0.29) is 10.8 Å². The van der Waals surface area contributed by atoms with Crippen LogP contribution in [-0.4, -0.2) is 22.5 Å². The maximum atomic E-state index is 13.3. The molecule has 0 amide bonds. The van der Waals surface area contributed by atoms with Crippen LogP contribution in [-0.2, 0) is 0 Å². The number of hydrogen-bond donors (Lipinski definition) is 2. The van der Waals surface area contributed by atoms with Gasteiger partial charge in [0.05, 0.1) is 0 Å². The molecule has 1 aromatic carbocycles. The fourth-order valence-corrected chi connectivity index (χ4v) is 3.69. The first-order valence-electron chi connectivity index (χ1n) is 6.50. The summed E-state index contributed by atoms with van der Waals surface area (Å²) in [5, 5.41) is 4.10. The lowest BCUT2D eigenvalue weighted by Crippen LogP contribution is -2.35. The van der Waals surface area contributed by atoms with Crippen molar-refractivity contribution in [1.29, 1.82) is 0 Å². The Bertz CT molecular complexity index is 465. The van der Waals surface area contributed by atoms with Crippen molar-refractivity contribution in [2.75, 3.05) is 11.6 Å². The summed E-state index contributed by atoms with van der Waals surface area (Å²) >= 11 is 6.89. The molecule has 1 saturated carbocycles. The SMILES string of the molecule is CSC1CCCCC1Nc1ccc(F)cc1C(N)=S. The van der Waals surface area contributed by atoms with Crippen molar-refractivity contribution < 1.29 is 4.39 Å². The number of anilines is 1. The summed E-state index contributed by atoms with van der Waals surface area (Å²) in [6, 6.07) is 4.99. The fraction of sp³-hybridized carbons (Fsp3) is 0.500. The first-order valence-corrected chi connectivity index (χ1v) is 8.20. The van der Waals surface area contributed by atoms with Crippen molar-refractivity contribution in [1.82, 2.24) is 0 Å². The molecule has 19 heavy (non-hydrogen) atoms. The maximum Gasteiger partial charge on any atom is 0.124 e. The van der Waals surface area contributed by atoms with Gasteiger partial charge in [-0.15, -0.1) is 0 Å². The van der Waals surface area contributed by atoms with Crippen molar-refractivity contribution in [2.24, 2.45) is 5.73 Å². The molecule has 1 aliphatic carbocycles. The molecule has 5 heteroatoms. The molecule has 0 aromatic heterocycles. The minimum absolute atomic E-state index is 0.235. The third-order valence-corrected chi connectivity index (χ3v) is 4.98. The standard InChI is InChI=1S/C14H19FN2S2/c1-19-13-5-3-2-4-12(13)17-11-7-6-9(15)8-10(11)14(16)18/h6-8,12-13,17H,2-5H2,1H3,(H2,16,18). The minimum atomic E-state index is -0.307. The summed E-state index contributed by atoms with van der Waals surface area (Å²) in [5.41, 5.74) is 7.12. The molecule has 2 unspecified atom stereocenters. The van der Waals surface area contributed by atoms with Gasteiger partial charge in [-0.3, -0.25) is 0 Å². The smallest absolute Gasteiger partial charge is 0.124 e. The molecule has 0 aliphatic heterocycles. The molecule has 2 atom stereocenters. The van der Waals surface area contributed by atoms with Crippen LogP contribution in [0.4, 0.5) is 10.1 Å². The van der Waals surface area contributed by atoms with Crippen LogP contribution in [0.5, 0.6) is 0 Å². The van der Waals surface area contributed by atoms with Crippen molar-refractivity contribution >= 4 is 34.7 Å². The molecule has 1 fully saturated rings. The Kier molecular flexibility index (Phi) is 5.05. The summed E-state index contributed by atoms with van der Waals surface area (Å²) in [6.07, 6.45) is 7.03. The van der Waals surface area contributed by atoms with Crippen molar-refractivity contribution in [3.05, 3.63) is 29.6 Å². The monoisotopic (exact) mass is 298 g/mol.